The quantitative estimate of drug-likeness (QED) is 0.844. The fraction of sp³-hybridized carbons (Fsp3) is 0.538. The number of benzene rings is 1. The van der Waals surface area contributed by atoms with Crippen LogP contribution in [0.2, 0.25) is 0 Å². The zero-order valence-corrected chi connectivity index (χ0v) is 11.2. The van der Waals surface area contributed by atoms with Crippen LogP contribution in [0.15, 0.2) is 18.2 Å². The minimum Gasteiger partial charge on any atom is -0.454 e. The van der Waals surface area contributed by atoms with E-state index in [-0.39, 0.29) is 0 Å². The number of hydrogen-bond acceptors (Lipinski definition) is 4. The largest absolute Gasteiger partial charge is 0.454 e. The van der Waals surface area contributed by atoms with Gasteiger partial charge in [0.25, 0.3) is 0 Å². The maximum absolute atomic E-state index is 5.48. The van der Waals surface area contributed by atoms with Gasteiger partial charge in [0.05, 0.1) is 0 Å². The van der Waals surface area contributed by atoms with E-state index in [4.69, 9.17) is 9.47 Å². The molecule has 94 valence electrons. The molecule has 0 radical (unpaired) electrons. The summed E-state index contributed by atoms with van der Waals surface area (Å²) in [6.07, 6.45) is 3.33. The maximum Gasteiger partial charge on any atom is 0.231 e. The Morgan fingerprint density at radius 1 is 1.41 bits per heavy atom. The lowest BCUT2D eigenvalue weighted by Crippen LogP contribution is -2.26. The second-order valence-corrected chi connectivity index (χ2v) is 5.20. The van der Waals surface area contributed by atoms with Crippen LogP contribution < -0.4 is 14.8 Å². The van der Waals surface area contributed by atoms with Gasteiger partial charge in [-0.2, -0.15) is 11.8 Å². The molecule has 1 aliphatic rings. The van der Waals surface area contributed by atoms with E-state index in [9.17, 15) is 0 Å². The monoisotopic (exact) mass is 253 g/mol. The van der Waals surface area contributed by atoms with Crippen LogP contribution >= 0.6 is 11.8 Å². The lowest BCUT2D eigenvalue weighted by atomic mass is 10.1. The number of nitrogens with one attached hydrogen (secondary N) is 1. The van der Waals surface area contributed by atoms with Crippen LogP contribution in [-0.2, 0) is 6.54 Å². The lowest BCUT2D eigenvalue weighted by Gasteiger charge is -2.14. The van der Waals surface area contributed by atoms with Crippen molar-refractivity contribution in [1.29, 1.82) is 0 Å². The molecule has 1 aromatic carbocycles. The van der Waals surface area contributed by atoms with Gasteiger partial charge < -0.3 is 14.8 Å². The van der Waals surface area contributed by atoms with E-state index in [1.807, 2.05) is 23.9 Å². The number of ether oxygens (including phenoxy) is 2. The molecule has 4 heteroatoms. The highest BCUT2D eigenvalue weighted by Crippen LogP contribution is 2.35. The van der Waals surface area contributed by atoms with Crippen molar-refractivity contribution < 1.29 is 9.47 Å². The van der Waals surface area contributed by atoms with Crippen LogP contribution in [0.25, 0.3) is 0 Å². The van der Waals surface area contributed by atoms with Crippen LogP contribution in [0.4, 0.5) is 0 Å². The van der Waals surface area contributed by atoms with E-state index in [2.05, 4.69) is 24.6 Å². The minimum atomic E-state index is 0.342. The molecule has 0 fully saturated rings. The highest BCUT2D eigenvalue weighted by molar-refractivity contribution is 7.98. The Bertz CT molecular complexity index is 370. The predicted octanol–water partition coefficient (Wildman–Crippen LogP) is 2.65. The molecule has 0 amide bonds. The molecule has 0 aromatic heterocycles. The van der Waals surface area contributed by atoms with E-state index >= 15 is 0 Å². The van der Waals surface area contributed by atoms with E-state index in [0.717, 1.165) is 18.0 Å². The first-order valence-electron chi connectivity index (χ1n) is 5.91. The zero-order valence-electron chi connectivity index (χ0n) is 10.4. The summed E-state index contributed by atoms with van der Waals surface area (Å²) in [5, 5.41) is 3.51. The third-order valence-electron chi connectivity index (χ3n) is 2.87. The van der Waals surface area contributed by atoms with E-state index in [1.54, 1.807) is 0 Å². The Hall–Kier alpha value is -0.870. The zero-order chi connectivity index (χ0) is 12.1. The first kappa shape index (κ1) is 12.6. The molecular formula is C13H19NO2S. The van der Waals surface area contributed by atoms with Gasteiger partial charge in [-0.25, -0.2) is 0 Å². The van der Waals surface area contributed by atoms with Gasteiger partial charge in [-0.15, -0.1) is 0 Å². The Morgan fingerprint density at radius 3 is 3.12 bits per heavy atom. The maximum atomic E-state index is 5.48. The molecule has 1 atom stereocenters. The minimum absolute atomic E-state index is 0.342. The fourth-order valence-electron chi connectivity index (χ4n) is 1.81. The molecule has 3 nitrogen and oxygen atoms in total. The highest BCUT2D eigenvalue weighted by Gasteiger charge is 2.16. The van der Waals surface area contributed by atoms with Gasteiger partial charge in [0.15, 0.2) is 11.5 Å². The molecule has 17 heavy (non-hydrogen) atoms. The average molecular weight is 253 g/mol. The summed E-state index contributed by atoms with van der Waals surface area (Å²) in [5.41, 5.74) is 1.18. The predicted molar refractivity (Wildman–Crippen MR) is 71.9 cm³/mol. The second kappa shape index (κ2) is 6.17. The normalized spacial score (nSPS) is 14.9. The molecule has 1 heterocycles. The smallest absolute Gasteiger partial charge is 0.231 e. The number of thioether (sulfide) groups is 1. The number of para-hydroxylation sites is 1. The molecule has 2 rings (SSSR count). The topological polar surface area (TPSA) is 30.5 Å². The summed E-state index contributed by atoms with van der Waals surface area (Å²) in [6, 6.07) is 6.57. The lowest BCUT2D eigenvalue weighted by molar-refractivity contribution is 0.173. The van der Waals surface area contributed by atoms with Crippen LogP contribution in [0.1, 0.15) is 18.9 Å². The van der Waals surface area contributed by atoms with Gasteiger partial charge in [-0.05, 0) is 31.4 Å². The Labute approximate surface area is 107 Å². The number of rotatable bonds is 6. The van der Waals surface area contributed by atoms with Crippen molar-refractivity contribution in [2.45, 2.75) is 25.9 Å². The molecule has 0 bridgehead atoms. The standard InChI is InChI=1S/C13H19NO2S/c1-10(6-7-17-2)14-8-11-4-3-5-12-13(11)16-9-15-12/h3-5,10,14H,6-9H2,1-2H3. The van der Waals surface area contributed by atoms with Crippen LogP contribution in [0.5, 0.6) is 11.5 Å². The van der Waals surface area contributed by atoms with E-state index in [0.29, 0.717) is 12.8 Å². The summed E-state index contributed by atoms with van der Waals surface area (Å²) in [5.74, 6) is 2.96. The van der Waals surface area contributed by atoms with Crippen molar-refractivity contribution in [3.63, 3.8) is 0 Å². The Morgan fingerprint density at radius 2 is 2.29 bits per heavy atom. The molecule has 0 saturated carbocycles. The van der Waals surface area contributed by atoms with Crippen LogP contribution in [0, 0.1) is 0 Å². The fourth-order valence-corrected chi connectivity index (χ4v) is 2.40. The Kier molecular flexibility index (Phi) is 4.57. The van der Waals surface area contributed by atoms with E-state index < -0.39 is 0 Å². The first-order valence-corrected chi connectivity index (χ1v) is 7.30. The van der Waals surface area contributed by atoms with Gasteiger partial charge in [0, 0.05) is 18.2 Å². The Balaban J connectivity index is 1.89. The SMILES string of the molecule is CSCCC(C)NCc1cccc2c1OCO2. The van der Waals surface area contributed by atoms with Gasteiger partial charge in [-0.3, -0.25) is 0 Å². The molecule has 0 aliphatic carbocycles. The van der Waals surface area contributed by atoms with Crippen molar-refractivity contribution in [3.8, 4) is 11.5 Å². The van der Waals surface area contributed by atoms with Crippen LogP contribution in [-0.4, -0.2) is 24.8 Å². The van der Waals surface area contributed by atoms with Crippen molar-refractivity contribution in [2.75, 3.05) is 18.8 Å². The highest BCUT2D eigenvalue weighted by atomic mass is 32.2. The average Bonchev–Trinajstić information content (AvgIpc) is 2.82. The van der Waals surface area contributed by atoms with Crippen molar-refractivity contribution >= 4 is 11.8 Å². The third-order valence-corrected chi connectivity index (χ3v) is 3.52. The number of fused-ring (bicyclic) bond motifs is 1. The van der Waals surface area contributed by atoms with E-state index in [1.165, 1.54) is 17.7 Å². The van der Waals surface area contributed by atoms with Gasteiger partial charge in [0.1, 0.15) is 0 Å². The molecule has 1 aliphatic heterocycles. The molecular weight excluding hydrogens is 234 g/mol. The van der Waals surface area contributed by atoms with Crippen molar-refractivity contribution in [3.05, 3.63) is 23.8 Å². The summed E-state index contributed by atoms with van der Waals surface area (Å²) in [4.78, 5) is 0. The summed E-state index contributed by atoms with van der Waals surface area (Å²) < 4.78 is 10.8. The van der Waals surface area contributed by atoms with Gasteiger partial charge in [0.2, 0.25) is 6.79 Å². The van der Waals surface area contributed by atoms with Crippen molar-refractivity contribution in [2.24, 2.45) is 0 Å². The molecule has 1 unspecified atom stereocenters. The summed E-state index contributed by atoms with van der Waals surface area (Å²) >= 11 is 1.89. The van der Waals surface area contributed by atoms with Gasteiger partial charge >= 0.3 is 0 Å². The van der Waals surface area contributed by atoms with Crippen molar-refractivity contribution in [1.82, 2.24) is 5.32 Å². The molecule has 1 aromatic rings. The molecule has 0 saturated heterocycles. The number of hydrogen-bond donors (Lipinski definition) is 1. The van der Waals surface area contributed by atoms with Crippen LogP contribution in [0.3, 0.4) is 0 Å². The summed E-state index contributed by atoms with van der Waals surface area (Å²) in [6.45, 7) is 3.40. The summed E-state index contributed by atoms with van der Waals surface area (Å²) in [7, 11) is 0. The second-order valence-electron chi connectivity index (χ2n) is 4.21. The molecule has 0 spiro atoms. The first-order chi connectivity index (χ1) is 8.31. The van der Waals surface area contributed by atoms with Gasteiger partial charge in [-0.1, -0.05) is 12.1 Å². The molecule has 1 N–H and O–H groups in total. The third kappa shape index (κ3) is 3.30.